The van der Waals surface area contributed by atoms with Gasteiger partial charge in [0.05, 0.1) is 11.0 Å². The van der Waals surface area contributed by atoms with Gasteiger partial charge in [-0.25, -0.2) is 4.98 Å². The molecule has 1 aromatic heterocycles. The number of aromatic amines is 1. The lowest BCUT2D eigenvalue weighted by Crippen LogP contribution is -2.46. The molecule has 1 fully saturated rings. The summed E-state index contributed by atoms with van der Waals surface area (Å²) in [6.45, 7) is 9.22. The number of nitrogens with zero attached hydrogens (tertiary/aromatic N) is 2. The maximum atomic E-state index is 4.77. The highest BCUT2D eigenvalue weighted by Crippen LogP contribution is 2.30. The summed E-state index contributed by atoms with van der Waals surface area (Å²) < 4.78 is 0. The molecule has 3 rings (SSSR count). The van der Waals surface area contributed by atoms with E-state index in [1.54, 1.807) is 0 Å². The highest BCUT2D eigenvalue weighted by molar-refractivity contribution is 5.74. The first-order valence-corrected chi connectivity index (χ1v) is 7.24. The maximum absolute atomic E-state index is 4.77. The zero-order chi connectivity index (χ0) is 13.5. The minimum Gasteiger partial charge on any atom is -0.342 e. The average molecular weight is 257 g/mol. The summed E-state index contributed by atoms with van der Waals surface area (Å²) in [4.78, 5) is 10.8. The summed E-state index contributed by atoms with van der Waals surface area (Å²) in [7, 11) is 0. The van der Waals surface area contributed by atoms with Crippen LogP contribution in [0.1, 0.15) is 45.4 Å². The molecule has 1 N–H and O–H groups in total. The van der Waals surface area contributed by atoms with Crippen molar-refractivity contribution in [2.75, 3.05) is 13.1 Å². The summed E-state index contributed by atoms with van der Waals surface area (Å²) in [5.41, 5.74) is 2.50. The topological polar surface area (TPSA) is 31.9 Å². The Balaban J connectivity index is 1.85. The first-order chi connectivity index (χ1) is 9.04. The Morgan fingerprint density at radius 3 is 2.79 bits per heavy atom. The molecule has 0 bridgehead atoms. The van der Waals surface area contributed by atoms with Gasteiger partial charge in [-0.15, -0.1) is 0 Å². The van der Waals surface area contributed by atoms with Gasteiger partial charge in [-0.2, -0.15) is 0 Å². The van der Waals surface area contributed by atoms with Crippen LogP contribution in [0, 0.1) is 0 Å². The van der Waals surface area contributed by atoms with Crippen molar-refractivity contribution in [2.45, 2.75) is 45.1 Å². The zero-order valence-corrected chi connectivity index (χ0v) is 12.1. The molecule has 2 heterocycles. The van der Waals surface area contributed by atoms with E-state index >= 15 is 0 Å². The minimum atomic E-state index is 0.255. The molecule has 0 saturated carbocycles. The third kappa shape index (κ3) is 2.52. The van der Waals surface area contributed by atoms with E-state index in [1.165, 1.54) is 19.4 Å². The van der Waals surface area contributed by atoms with Crippen LogP contribution in [0.15, 0.2) is 24.3 Å². The largest absolute Gasteiger partial charge is 0.342 e. The zero-order valence-electron chi connectivity index (χ0n) is 12.1. The van der Waals surface area contributed by atoms with Gasteiger partial charge in [0.2, 0.25) is 0 Å². The lowest BCUT2D eigenvalue weighted by molar-refractivity contribution is 0.0971. The Kier molecular flexibility index (Phi) is 3.09. The molecule has 1 aliphatic heterocycles. The van der Waals surface area contributed by atoms with Gasteiger partial charge < -0.3 is 4.98 Å². The van der Waals surface area contributed by atoms with E-state index in [1.807, 2.05) is 0 Å². The SMILES string of the molecule is CC(C)(C)N1CCCC(c2nc3ccccc3[nH]2)C1. The van der Waals surface area contributed by atoms with Crippen molar-refractivity contribution >= 4 is 11.0 Å². The summed E-state index contributed by atoms with van der Waals surface area (Å²) in [6, 6.07) is 8.30. The van der Waals surface area contributed by atoms with Crippen LogP contribution in [0.3, 0.4) is 0 Å². The van der Waals surface area contributed by atoms with Crippen LogP contribution >= 0.6 is 0 Å². The smallest absolute Gasteiger partial charge is 0.111 e. The van der Waals surface area contributed by atoms with Crippen molar-refractivity contribution in [1.29, 1.82) is 0 Å². The molecule has 2 aromatic rings. The Labute approximate surface area is 115 Å². The molecule has 0 spiro atoms. The van der Waals surface area contributed by atoms with Crippen LogP contribution in [0.2, 0.25) is 0 Å². The highest BCUT2D eigenvalue weighted by atomic mass is 15.2. The quantitative estimate of drug-likeness (QED) is 0.847. The van der Waals surface area contributed by atoms with Gasteiger partial charge in [-0.3, -0.25) is 4.90 Å². The number of rotatable bonds is 1. The predicted molar refractivity (Wildman–Crippen MR) is 79.4 cm³/mol. The molecule has 102 valence electrons. The van der Waals surface area contributed by atoms with E-state index in [0.717, 1.165) is 23.4 Å². The maximum Gasteiger partial charge on any atom is 0.111 e. The number of likely N-dealkylation sites (tertiary alicyclic amines) is 1. The third-order valence-electron chi connectivity index (χ3n) is 4.16. The van der Waals surface area contributed by atoms with Crippen molar-refractivity contribution in [1.82, 2.24) is 14.9 Å². The normalized spacial score (nSPS) is 21.9. The van der Waals surface area contributed by atoms with Gasteiger partial charge in [0.25, 0.3) is 0 Å². The van der Waals surface area contributed by atoms with Gasteiger partial charge in [0.15, 0.2) is 0 Å². The Morgan fingerprint density at radius 2 is 2.05 bits per heavy atom. The van der Waals surface area contributed by atoms with E-state index in [2.05, 4.69) is 54.9 Å². The predicted octanol–water partition coefficient (Wildman–Crippen LogP) is 3.54. The van der Waals surface area contributed by atoms with E-state index in [9.17, 15) is 0 Å². The Bertz CT molecular complexity index is 532. The number of para-hydroxylation sites is 2. The molecule has 19 heavy (non-hydrogen) atoms. The van der Waals surface area contributed by atoms with Crippen molar-refractivity contribution in [3.8, 4) is 0 Å². The van der Waals surface area contributed by atoms with E-state index in [-0.39, 0.29) is 5.54 Å². The second kappa shape index (κ2) is 4.64. The van der Waals surface area contributed by atoms with Crippen molar-refractivity contribution in [2.24, 2.45) is 0 Å². The number of aromatic nitrogens is 2. The molecule has 3 heteroatoms. The second-order valence-electron chi connectivity index (χ2n) is 6.60. The van der Waals surface area contributed by atoms with Crippen molar-refractivity contribution in [3.05, 3.63) is 30.1 Å². The lowest BCUT2D eigenvalue weighted by atomic mass is 9.93. The molecule has 0 aliphatic carbocycles. The molecule has 3 nitrogen and oxygen atoms in total. The fourth-order valence-electron chi connectivity index (χ4n) is 2.98. The van der Waals surface area contributed by atoms with Crippen LogP contribution < -0.4 is 0 Å². The number of nitrogens with one attached hydrogen (secondary N) is 1. The van der Waals surface area contributed by atoms with Crippen molar-refractivity contribution < 1.29 is 0 Å². The monoisotopic (exact) mass is 257 g/mol. The molecule has 0 radical (unpaired) electrons. The van der Waals surface area contributed by atoms with Crippen molar-refractivity contribution in [3.63, 3.8) is 0 Å². The fraction of sp³-hybridized carbons (Fsp3) is 0.562. The van der Waals surface area contributed by atoms with Crippen LogP contribution in [0.5, 0.6) is 0 Å². The summed E-state index contributed by atoms with van der Waals surface area (Å²) in [5.74, 6) is 1.70. The number of hydrogen-bond acceptors (Lipinski definition) is 2. The van der Waals surface area contributed by atoms with E-state index in [4.69, 9.17) is 4.98 Å². The third-order valence-corrected chi connectivity index (χ3v) is 4.16. The van der Waals surface area contributed by atoms with Gasteiger partial charge >= 0.3 is 0 Å². The van der Waals surface area contributed by atoms with E-state index in [0.29, 0.717) is 5.92 Å². The molecule has 1 unspecified atom stereocenters. The highest BCUT2D eigenvalue weighted by Gasteiger charge is 2.29. The first kappa shape index (κ1) is 12.7. The molecule has 1 atom stereocenters. The summed E-state index contributed by atoms with van der Waals surface area (Å²) >= 11 is 0. The Hall–Kier alpha value is -1.35. The summed E-state index contributed by atoms with van der Waals surface area (Å²) in [5, 5.41) is 0. The fourth-order valence-corrected chi connectivity index (χ4v) is 2.98. The van der Waals surface area contributed by atoms with Crippen LogP contribution in [-0.4, -0.2) is 33.5 Å². The first-order valence-electron chi connectivity index (χ1n) is 7.24. The molecule has 1 saturated heterocycles. The standard InChI is InChI=1S/C16H23N3/c1-16(2,3)19-10-6-7-12(11-19)15-17-13-8-4-5-9-14(13)18-15/h4-5,8-9,12H,6-7,10-11H2,1-3H3,(H,17,18). The van der Waals surface area contributed by atoms with Crippen LogP contribution in [0.4, 0.5) is 0 Å². The van der Waals surface area contributed by atoms with Gasteiger partial charge in [0.1, 0.15) is 5.82 Å². The lowest BCUT2D eigenvalue weighted by Gasteiger charge is -2.41. The molecule has 0 amide bonds. The number of H-pyrrole nitrogens is 1. The van der Waals surface area contributed by atoms with Gasteiger partial charge in [0, 0.05) is 18.0 Å². The number of benzene rings is 1. The number of fused-ring (bicyclic) bond motifs is 1. The van der Waals surface area contributed by atoms with E-state index < -0.39 is 0 Å². The minimum absolute atomic E-state index is 0.255. The molecular formula is C16H23N3. The molecule has 1 aromatic carbocycles. The van der Waals surface area contributed by atoms with Gasteiger partial charge in [-0.1, -0.05) is 12.1 Å². The second-order valence-corrected chi connectivity index (χ2v) is 6.60. The number of hydrogen-bond donors (Lipinski definition) is 1. The van der Waals surface area contributed by atoms with Crippen LogP contribution in [0.25, 0.3) is 11.0 Å². The molecular weight excluding hydrogens is 234 g/mol. The Morgan fingerprint density at radius 1 is 1.26 bits per heavy atom. The summed E-state index contributed by atoms with van der Waals surface area (Å²) in [6.07, 6.45) is 2.51. The number of piperidine rings is 1. The number of imidazole rings is 1. The average Bonchev–Trinajstić information content (AvgIpc) is 2.81. The van der Waals surface area contributed by atoms with Crippen LogP contribution in [-0.2, 0) is 0 Å². The molecule has 1 aliphatic rings. The van der Waals surface area contributed by atoms with Gasteiger partial charge in [-0.05, 0) is 52.3 Å².